The summed E-state index contributed by atoms with van der Waals surface area (Å²) in [6, 6.07) is 19.0. The molecule has 2 aromatic rings. The molecule has 0 radical (unpaired) electrons. The highest BCUT2D eigenvalue weighted by atomic mass is 16.5. The monoisotopic (exact) mass is 283 g/mol. The Morgan fingerprint density at radius 1 is 0.952 bits per heavy atom. The molecule has 0 saturated carbocycles. The van der Waals surface area contributed by atoms with Gasteiger partial charge in [0.15, 0.2) is 0 Å². The molecule has 0 heterocycles. The molecule has 112 valence electrons. The van der Waals surface area contributed by atoms with E-state index in [0.29, 0.717) is 0 Å². The molecule has 2 nitrogen and oxygen atoms in total. The molecular weight excluding hydrogens is 258 g/mol. The maximum absolute atomic E-state index is 6.03. The summed E-state index contributed by atoms with van der Waals surface area (Å²) in [5.41, 5.74) is 2.51. The maximum Gasteiger partial charge on any atom is 0.124 e. The zero-order valence-electron chi connectivity index (χ0n) is 13.2. The predicted octanol–water partition coefficient (Wildman–Crippen LogP) is 4.71. The molecule has 2 atom stereocenters. The van der Waals surface area contributed by atoms with Crippen molar-refractivity contribution in [2.45, 2.75) is 45.9 Å². The average Bonchev–Trinajstić information content (AvgIpc) is 2.54. The molecule has 0 saturated heterocycles. The van der Waals surface area contributed by atoms with Gasteiger partial charge in [-0.25, -0.2) is 0 Å². The van der Waals surface area contributed by atoms with Gasteiger partial charge in [0.2, 0.25) is 0 Å². The third-order valence-electron chi connectivity index (χ3n) is 3.74. The molecule has 2 rings (SSSR count). The molecule has 0 spiro atoms. The second-order valence-electron chi connectivity index (χ2n) is 5.46. The van der Waals surface area contributed by atoms with Crippen LogP contribution in [0.2, 0.25) is 0 Å². The highest BCUT2D eigenvalue weighted by molar-refractivity contribution is 5.36. The normalized spacial score (nSPS) is 13.7. The smallest absolute Gasteiger partial charge is 0.124 e. The summed E-state index contributed by atoms with van der Waals surface area (Å²) in [6.07, 6.45) is 1.26. The van der Waals surface area contributed by atoms with Gasteiger partial charge in [-0.15, -0.1) is 0 Å². The van der Waals surface area contributed by atoms with Gasteiger partial charge in [-0.05, 0) is 31.9 Å². The number of nitrogens with one attached hydrogen (secondary N) is 1. The first-order valence-corrected chi connectivity index (χ1v) is 7.73. The van der Waals surface area contributed by atoms with Crippen molar-refractivity contribution in [3.8, 4) is 5.75 Å². The van der Waals surface area contributed by atoms with E-state index in [1.54, 1.807) is 0 Å². The molecule has 0 fully saturated rings. The molecule has 0 aliphatic heterocycles. The van der Waals surface area contributed by atoms with Gasteiger partial charge in [0, 0.05) is 18.2 Å². The van der Waals surface area contributed by atoms with Crippen molar-refractivity contribution >= 4 is 0 Å². The summed E-state index contributed by atoms with van der Waals surface area (Å²) in [5, 5.41) is 3.57. The van der Waals surface area contributed by atoms with Crippen LogP contribution >= 0.6 is 0 Å². The van der Waals surface area contributed by atoms with Gasteiger partial charge >= 0.3 is 0 Å². The third-order valence-corrected chi connectivity index (χ3v) is 3.74. The van der Waals surface area contributed by atoms with Crippen molar-refractivity contribution in [3.05, 3.63) is 65.7 Å². The van der Waals surface area contributed by atoms with Crippen molar-refractivity contribution in [2.75, 3.05) is 0 Å². The van der Waals surface area contributed by atoms with Crippen LogP contribution in [0.5, 0.6) is 5.75 Å². The molecule has 2 heteroatoms. The minimum atomic E-state index is 0.243. The van der Waals surface area contributed by atoms with E-state index in [1.807, 2.05) is 12.1 Å². The van der Waals surface area contributed by atoms with Crippen LogP contribution in [-0.2, 0) is 6.54 Å². The van der Waals surface area contributed by atoms with Gasteiger partial charge in [0.05, 0.1) is 6.10 Å². The van der Waals surface area contributed by atoms with E-state index in [9.17, 15) is 0 Å². The van der Waals surface area contributed by atoms with E-state index < -0.39 is 0 Å². The lowest BCUT2D eigenvalue weighted by Gasteiger charge is -2.21. The number of hydrogen-bond acceptors (Lipinski definition) is 2. The molecule has 2 aromatic carbocycles. The molecular formula is C19H25NO. The van der Waals surface area contributed by atoms with Crippen LogP contribution in [0, 0.1) is 0 Å². The van der Waals surface area contributed by atoms with E-state index in [2.05, 4.69) is 68.6 Å². The summed E-state index contributed by atoms with van der Waals surface area (Å²) in [5.74, 6) is 0.986. The Hall–Kier alpha value is -1.80. The molecule has 1 N–H and O–H groups in total. The minimum absolute atomic E-state index is 0.243. The van der Waals surface area contributed by atoms with E-state index in [-0.39, 0.29) is 12.1 Å². The molecule has 21 heavy (non-hydrogen) atoms. The molecule has 0 amide bonds. The maximum atomic E-state index is 6.03. The molecule has 2 unspecified atom stereocenters. The van der Waals surface area contributed by atoms with E-state index in [0.717, 1.165) is 18.7 Å². The second kappa shape index (κ2) is 7.84. The van der Waals surface area contributed by atoms with Crippen molar-refractivity contribution in [2.24, 2.45) is 0 Å². The number of benzene rings is 2. The molecule has 0 aromatic heterocycles. The molecule has 0 aliphatic carbocycles. The summed E-state index contributed by atoms with van der Waals surface area (Å²) in [6.45, 7) is 7.30. The van der Waals surface area contributed by atoms with Crippen LogP contribution in [0.3, 0.4) is 0 Å². The van der Waals surface area contributed by atoms with E-state index in [1.165, 1.54) is 11.1 Å². The first-order valence-electron chi connectivity index (χ1n) is 7.73. The van der Waals surface area contributed by atoms with Gasteiger partial charge < -0.3 is 10.1 Å². The van der Waals surface area contributed by atoms with Gasteiger partial charge in [0.25, 0.3) is 0 Å². The fourth-order valence-corrected chi connectivity index (χ4v) is 2.22. The van der Waals surface area contributed by atoms with Gasteiger partial charge in [0.1, 0.15) is 5.75 Å². The zero-order chi connectivity index (χ0) is 15.1. The van der Waals surface area contributed by atoms with Crippen molar-refractivity contribution in [1.29, 1.82) is 0 Å². The Labute approximate surface area is 128 Å². The highest BCUT2D eigenvalue weighted by Crippen LogP contribution is 2.26. The largest absolute Gasteiger partial charge is 0.490 e. The van der Waals surface area contributed by atoms with Crippen LogP contribution in [0.15, 0.2) is 54.6 Å². The number of para-hydroxylation sites is 1. The standard InChI is InChI=1S/C19H25NO/c1-4-15(2)21-19-13-9-8-12-18(19)16(3)20-14-17-10-6-5-7-11-17/h5-13,15-16,20H,4,14H2,1-3H3. The molecule has 0 aliphatic rings. The summed E-state index contributed by atoms with van der Waals surface area (Å²) >= 11 is 0. The van der Waals surface area contributed by atoms with Crippen molar-refractivity contribution in [1.82, 2.24) is 5.32 Å². The molecule has 0 bridgehead atoms. The lowest BCUT2D eigenvalue weighted by molar-refractivity contribution is 0.213. The Kier molecular flexibility index (Phi) is 5.82. The van der Waals surface area contributed by atoms with E-state index >= 15 is 0 Å². The Balaban J connectivity index is 2.03. The summed E-state index contributed by atoms with van der Waals surface area (Å²) < 4.78 is 6.03. The highest BCUT2D eigenvalue weighted by Gasteiger charge is 2.12. The average molecular weight is 283 g/mol. The fourth-order valence-electron chi connectivity index (χ4n) is 2.22. The lowest BCUT2D eigenvalue weighted by Crippen LogP contribution is -2.20. The first-order chi connectivity index (χ1) is 10.2. The van der Waals surface area contributed by atoms with Gasteiger partial charge in [-0.3, -0.25) is 0 Å². The Morgan fingerprint density at radius 3 is 2.33 bits per heavy atom. The summed E-state index contributed by atoms with van der Waals surface area (Å²) in [7, 11) is 0. The minimum Gasteiger partial charge on any atom is -0.490 e. The topological polar surface area (TPSA) is 21.3 Å². The second-order valence-corrected chi connectivity index (χ2v) is 5.46. The predicted molar refractivity (Wildman–Crippen MR) is 88.5 cm³/mol. The third kappa shape index (κ3) is 4.61. The fraction of sp³-hybridized carbons (Fsp3) is 0.368. The Morgan fingerprint density at radius 2 is 1.62 bits per heavy atom. The van der Waals surface area contributed by atoms with Crippen LogP contribution < -0.4 is 10.1 Å². The van der Waals surface area contributed by atoms with Crippen molar-refractivity contribution < 1.29 is 4.74 Å². The Bertz CT molecular complexity index is 538. The number of hydrogen-bond donors (Lipinski definition) is 1. The van der Waals surface area contributed by atoms with Crippen molar-refractivity contribution in [3.63, 3.8) is 0 Å². The SMILES string of the molecule is CCC(C)Oc1ccccc1C(C)NCc1ccccc1. The zero-order valence-corrected chi connectivity index (χ0v) is 13.2. The van der Waals surface area contributed by atoms with E-state index in [4.69, 9.17) is 4.74 Å². The van der Waals surface area contributed by atoms with Crippen LogP contribution in [-0.4, -0.2) is 6.10 Å². The first kappa shape index (κ1) is 15.6. The van der Waals surface area contributed by atoms with Crippen LogP contribution in [0.4, 0.5) is 0 Å². The summed E-state index contributed by atoms with van der Waals surface area (Å²) in [4.78, 5) is 0. The van der Waals surface area contributed by atoms with Gasteiger partial charge in [-0.2, -0.15) is 0 Å². The number of ether oxygens (including phenoxy) is 1. The van der Waals surface area contributed by atoms with Crippen LogP contribution in [0.1, 0.15) is 44.4 Å². The lowest BCUT2D eigenvalue weighted by atomic mass is 10.1. The number of rotatable bonds is 7. The van der Waals surface area contributed by atoms with Gasteiger partial charge in [-0.1, -0.05) is 55.5 Å². The van der Waals surface area contributed by atoms with Crippen LogP contribution in [0.25, 0.3) is 0 Å². The quantitative estimate of drug-likeness (QED) is 0.794.